The van der Waals surface area contributed by atoms with Crippen LogP contribution in [-0.4, -0.2) is 70.0 Å². The van der Waals surface area contributed by atoms with Crippen LogP contribution in [0.5, 0.6) is 0 Å². The van der Waals surface area contributed by atoms with Gasteiger partial charge in [-0.25, -0.2) is 22.8 Å². The topological polar surface area (TPSA) is 226 Å². The summed E-state index contributed by atoms with van der Waals surface area (Å²) in [6.45, 7) is 5.48. The Hall–Kier alpha value is -2.97. The van der Waals surface area contributed by atoms with Crippen LogP contribution in [0.15, 0.2) is 21.9 Å². The van der Waals surface area contributed by atoms with E-state index < -0.39 is 85.8 Å². The van der Waals surface area contributed by atoms with E-state index in [9.17, 15) is 39.2 Å². The summed E-state index contributed by atoms with van der Waals surface area (Å²) in [5, 5.41) is 30.5. The van der Waals surface area contributed by atoms with E-state index in [-0.39, 0.29) is 0 Å². The van der Waals surface area contributed by atoms with E-state index >= 15 is 4.39 Å². The lowest BCUT2D eigenvalue weighted by Gasteiger charge is -2.28. The number of alkyl halides is 1. The van der Waals surface area contributed by atoms with Crippen LogP contribution in [0.3, 0.4) is 0 Å². The number of hydrogen-bond donors (Lipinski definition) is 3. The van der Waals surface area contributed by atoms with Crippen LogP contribution in [0, 0.1) is 22.2 Å². The Morgan fingerprint density at radius 2 is 1.57 bits per heavy atom. The molecule has 0 amide bonds. The number of aromatic nitrogens is 2. The van der Waals surface area contributed by atoms with Gasteiger partial charge in [-0.2, -0.15) is 5.26 Å². The molecule has 0 unspecified atom stereocenters. The molecule has 16 nitrogen and oxygen atoms in total. The first kappa shape index (κ1) is 33.2. The molecule has 1 saturated heterocycles. The Bertz CT molecular complexity index is 1270. The van der Waals surface area contributed by atoms with Crippen molar-refractivity contribution >= 4 is 19.8 Å². The maximum absolute atomic E-state index is 15.8. The second kappa shape index (κ2) is 11.9. The molecule has 1 aromatic heterocycles. The molecule has 0 aromatic carbocycles. The lowest BCUT2D eigenvalue weighted by molar-refractivity contribution is -0.227. The summed E-state index contributed by atoms with van der Waals surface area (Å²) < 4.78 is 58.6. The summed E-state index contributed by atoms with van der Waals surface area (Å²) in [5.74, 6) is -5.11. The molecule has 0 bridgehead atoms. The number of carbonyl (C=O) groups is 2. The van der Waals surface area contributed by atoms with Gasteiger partial charge >= 0.3 is 25.5 Å². The summed E-state index contributed by atoms with van der Waals surface area (Å²) in [6.07, 6.45) is -4.30. The Labute approximate surface area is 227 Å². The molecule has 1 aromatic rings. The van der Waals surface area contributed by atoms with Crippen molar-refractivity contribution < 1.29 is 56.5 Å². The molecular weight excluding hydrogens is 564 g/mol. The predicted molar refractivity (Wildman–Crippen MR) is 128 cm³/mol. The van der Waals surface area contributed by atoms with Crippen LogP contribution >= 0.6 is 7.82 Å². The van der Waals surface area contributed by atoms with Gasteiger partial charge in [0.15, 0.2) is 0 Å². The molecule has 2 rings (SSSR count). The minimum atomic E-state index is -4.98. The van der Waals surface area contributed by atoms with E-state index in [2.05, 4.69) is 0 Å². The molecule has 40 heavy (non-hydrogen) atoms. The van der Waals surface area contributed by atoms with E-state index in [0.29, 0.717) is 4.57 Å². The highest BCUT2D eigenvalue weighted by Crippen LogP contribution is 2.52. The Morgan fingerprint density at radius 1 is 1.07 bits per heavy atom. The number of rotatable bonds is 10. The van der Waals surface area contributed by atoms with Crippen molar-refractivity contribution in [3.63, 3.8) is 0 Å². The number of phosphoric ester groups is 1. The van der Waals surface area contributed by atoms with Gasteiger partial charge < -0.3 is 19.7 Å². The smallest absolute Gasteiger partial charge is 0.437 e. The third kappa shape index (κ3) is 7.40. The van der Waals surface area contributed by atoms with Gasteiger partial charge in [-0.3, -0.25) is 33.2 Å². The van der Waals surface area contributed by atoms with E-state index in [0.717, 1.165) is 12.3 Å². The fourth-order valence-corrected chi connectivity index (χ4v) is 3.88. The van der Waals surface area contributed by atoms with Gasteiger partial charge in [-0.15, -0.1) is 0 Å². The molecule has 0 saturated carbocycles. The van der Waals surface area contributed by atoms with Crippen LogP contribution in [0.2, 0.25) is 0 Å². The monoisotopic (exact) mass is 595 g/mol. The minimum absolute atomic E-state index is 0.327. The van der Waals surface area contributed by atoms with Gasteiger partial charge in [0.2, 0.25) is 13.6 Å². The van der Waals surface area contributed by atoms with Crippen LogP contribution in [0.4, 0.5) is 4.39 Å². The van der Waals surface area contributed by atoms with Crippen LogP contribution < -0.4 is 11.2 Å². The Morgan fingerprint density at radius 3 is 2.00 bits per heavy atom. The SMILES string of the molecule is CC(C)(C)C(=O)OCOP(=O)(OCOC(=O)C(C)(C)C)OC[C@@]1(F)O[C@@](C#N)(n2ccc(=O)[nH]c2=O)[C@H](O)[C@@H]1O. The van der Waals surface area contributed by atoms with Gasteiger partial charge in [0, 0.05) is 12.3 Å². The van der Waals surface area contributed by atoms with Crippen LogP contribution in [0.1, 0.15) is 41.5 Å². The van der Waals surface area contributed by atoms with Crippen LogP contribution in [-0.2, 0) is 47.7 Å². The fourth-order valence-electron chi connectivity index (χ4n) is 2.96. The number of phosphoric acid groups is 1. The quantitative estimate of drug-likeness (QED) is 0.189. The van der Waals surface area contributed by atoms with Gasteiger partial charge in [0.25, 0.3) is 17.1 Å². The number of carbonyl (C=O) groups excluding carboxylic acids is 2. The number of aromatic amines is 1. The lowest BCUT2D eigenvalue weighted by atomic mass is 9.98. The number of nitrogens with zero attached hydrogens (tertiary/aromatic N) is 2. The number of aliphatic hydroxyl groups excluding tert-OH is 2. The van der Waals surface area contributed by atoms with Gasteiger partial charge in [0.1, 0.15) is 24.9 Å². The number of nitriles is 1. The Kier molecular flexibility index (Phi) is 9.86. The number of aliphatic hydroxyl groups is 2. The van der Waals surface area contributed by atoms with Gasteiger partial charge in [-0.1, -0.05) is 0 Å². The van der Waals surface area contributed by atoms with E-state index in [1.807, 2.05) is 0 Å². The largest absolute Gasteiger partial charge is 0.480 e. The third-order valence-corrected chi connectivity index (χ3v) is 6.54. The molecule has 0 aliphatic carbocycles. The van der Waals surface area contributed by atoms with Gasteiger partial charge in [0.05, 0.1) is 10.8 Å². The summed E-state index contributed by atoms with van der Waals surface area (Å²) in [5.41, 5.74) is -7.05. The zero-order chi connectivity index (χ0) is 30.7. The van der Waals surface area contributed by atoms with Crippen molar-refractivity contribution in [2.24, 2.45) is 10.8 Å². The normalized spacial score (nSPS) is 25.3. The van der Waals surface area contributed by atoms with Crippen molar-refractivity contribution in [3.05, 3.63) is 33.1 Å². The second-order valence-electron chi connectivity index (χ2n) is 10.6. The fraction of sp³-hybridized carbons (Fsp3) is 0.682. The average molecular weight is 595 g/mol. The summed E-state index contributed by atoms with van der Waals surface area (Å²) >= 11 is 0. The molecule has 0 radical (unpaired) electrons. The number of hydrogen-bond acceptors (Lipinski definition) is 14. The van der Waals surface area contributed by atoms with Crippen molar-refractivity contribution in [1.29, 1.82) is 5.26 Å². The first-order valence-electron chi connectivity index (χ1n) is 11.6. The van der Waals surface area contributed by atoms with Crippen molar-refractivity contribution in [1.82, 2.24) is 9.55 Å². The minimum Gasteiger partial charge on any atom is -0.437 e. The van der Waals surface area contributed by atoms with Crippen molar-refractivity contribution in [3.8, 4) is 6.07 Å². The molecular formula is C22H31FN3O13P. The highest BCUT2D eigenvalue weighted by atomic mass is 31.2. The highest BCUT2D eigenvalue weighted by molar-refractivity contribution is 7.48. The first-order chi connectivity index (χ1) is 18.2. The van der Waals surface area contributed by atoms with Crippen molar-refractivity contribution in [2.45, 2.75) is 65.3 Å². The van der Waals surface area contributed by atoms with Crippen molar-refractivity contribution in [2.75, 3.05) is 20.2 Å². The maximum atomic E-state index is 15.8. The summed E-state index contributed by atoms with van der Waals surface area (Å²) in [4.78, 5) is 49.4. The van der Waals surface area contributed by atoms with Crippen LogP contribution in [0.25, 0.3) is 0 Å². The van der Waals surface area contributed by atoms with E-state index in [1.165, 1.54) is 47.6 Å². The van der Waals surface area contributed by atoms with E-state index in [4.69, 9.17) is 27.8 Å². The highest BCUT2D eigenvalue weighted by Gasteiger charge is 2.66. The number of nitrogens with one attached hydrogen (secondary N) is 1. The number of ether oxygens (including phenoxy) is 3. The zero-order valence-electron chi connectivity index (χ0n) is 22.5. The summed E-state index contributed by atoms with van der Waals surface area (Å²) in [7, 11) is -4.98. The average Bonchev–Trinajstić information content (AvgIpc) is 3.03. The lowest BCUT2D eigenvalue weighted by Crippen LogP contribution is -2.50. The Balaban J connectivity index is 2.28. The molecule has 18 heteroatoms. The third-order valence-electron chi connectivity index (χ3n) is 5.25. The molecule has 1 aliphatic rings. The second-order valence-corrected chi connectivity index (χ2v) is 12.3. The summed E-state index contributed by atoms with van der Waals surface area (Å²) in [6, 6.07) is 2.14. The molecule has 4 atom stereocenters. The predicted octanol–water partition coefficient (Wildman–Crippen LogP) is 0.382. The number of halogens is 1. The molecule has 224 valence electrons. The molecule has 1 fully saturated rings. The number of esters is 2. The molecule has 3 N–H and O–H groups in total. The zero-order valence-corrected chi connectivity index (χ0v) is 23.4. The standard InChI is InChI=1S/C22H31FN3O13P/c1-19(2,3)16(30)34-11-37-40(33,38-12-35-17(31)20(4,5)6)36-10-21(23)14(28)15(29)22(9-24,39-21)26-8-7-13(27)25-18(26)32/h7-8,14-15,28-29H,10-12H2,1-6H3,(H,25,27,32)/t14-,15+,21+,22+/m0/s1. The maximum Gasteiger partial charge on any atom is 0.480 e. The number of H-pyrrole nitrogens is 1. The molecule has 1 aliphatic heterocycles. The molecule has 2 heterocycles. The molecule has 0 spiro atoms. The van der Waals surface area contributed by atoms with E-state index in [1.54, 1.807) is 4.98 Å². The van der Waals surface area contributed by atoms with Gasteiger partial charge in [-0.05, 0) is 41.5 Å². The first-order valence-corrected chi connectivity index (χ1v) is 13.0.